The van der Waals surface area contributed by atoms with E-state index < -0.39 is 0 Å². The van der Waals surface area contributed by atoms with E-state index in [9.17, 15) is 4.39 Å². The normalized spacial score (nSPS) is 9.75. The third-order valence-electron chi connectivity index (χ3n) is 0.831. The summed E-state index contributed by atoms with van der Waals surface area (Å²) in [7, 11) is 0. The average Bonchev–Trinajstić information content (AvgIpc) is 2.14. The van der Waals surface area contributed by atoms with Crippen LogP contribution >= 0.6 is 0 Å². The van der Waals surface area contributed by atoms with Gasteiger partial charge in [0.25, 0.3) is 0 Å². The van der Waals surface area contributed by atoms with Crippen LogP contribution in [0.4, 0.5) is 4.39 Å². The van der Waals surface area contributed by atoms with Crippen LogP contribution in [0.2, 0.25) is 0 Å². The summed E-state index contributed by atoms with van der Waals surface area (Å²) in [5.41, 5.74) is 0. The molecule has 1 radical (unpaired) electrons. The van der Waals surface area contributed by atoms with Crippen LogP contribution in [0.1, 0.15) is 0 Å². The summed E-state index contributed by atoms with van der Waals surface area (Å²) in [6.07, 6.45) is 2.46. The van der Waals surface area contributed by atoms with Crippen molar-refractivity contribution in [3.8, 4) is 0 Å². The second kappa shape index (κ2) is 1.94. The molecule has 8 heavy (non-hydrogen) atoms. The number of aromatic nitrogens is 2. The van der Waals surface area contributed by atoms with E-state index in [2.05, 4.69) is 12.0 Å². The van der Waals surface area contributed by atoms with Crippen molar-refractivity contribution in [1.82, 2.24) is 9.78 Å². The zero-order chi connectivity index (χ0) is 5.98. The molecule has 0 unspecified atom stereocenters. The van der Waals surface area contributed by atoms with Gasteiger partial charge in [0.05, 0.1) is 12.4 Å². The first kappa shape index (κ1) is 5.28. The van der Waals surface area contributed by atoms with Gasteiger partial charge in [-0.05, 0) is 6.92 Å². The zero-order valence-electron chi connectivity index (χ0n) is 4.34. The van der Waals surface area contributed by atoms with Gasteiger partial charge in [0.2, 0.25) is 0 Å². The van der Waals surface area contributed by atoms with Crippen molar-refractivity contribution in [2.24, 2.45) is 0 Å². The topological polar surface area (TPSA) is 17.8 Å². The van der Waals surface area contributed by atoms with Gasteiger partial charge in [-0.25, -0.2) is 4.39 Å². The first-order valence-corrected chi connectivity index (χ1v) is 2.30. The highest BCUT2D eigenvalue weighted by atomic mass is 19.1. The molecule has 2 nitrogen and oxygen atoms in total. The molecule has 1 rings (SSSR count). The molecule has 1 heterocycles. The maximum Gasteiger partial charge on any atom is 0.161 e. The van der Waals surface area contributed by atoms with E-state index in [0.29, 0.717) is 6.54 Å². The standard InChI is InChI=1S/C5H6FN2/c1-2-8-4-5(6)3-7-8/h3-4H,1-2H2. The largest absolute Gasteiger partial charge is 0.270 e. The lowest BCUT2D eigenvalue weighted by Crippen LogP contribution is -1.92. The maximum atomic E-state index is 12.0. The molecule has 0 fully saturated rings. The molecule has 0 spiro atoms. The number of hydrogen-bond donors (Lipinski definition) is 0. The molecule has 0 aliphatic heterocycles. The Morgan fingerprint density at radius 1 is 1.88 bits per heavy atom. The Morgan fingerprint density at radius 2 is 2.62 bits per heavy atom. The van der Waals surface area contributed by atoms with Crippen LogP contribution in [0.25, 0.3) is 0 Å². The van der Waals surface area contributed by atoms with Gasteiger partial charge in [-0.1, -0.05) is 0 Å². The highest BCUT2D eigenvalue weighted by Crippen LogP contribution is 1.91. The zero-order valence-corrected chi connectivity index (χ0v) is 4.34. The Kier molecular flexibility index (Phi) is 1.28. The molecule has 0 amide bonds. The van der Waals surface area contributed by atoms with Gasteiger partial charge in [0.1, 0.15) is 0 Å². The predicted molar refractivity (Wildman–Crippen MR) is 27.5 cm³/mol. The van der Waals surface area contributed by atoms with Gasteiger partial charge in [-0.3, -0.25) is 4.68 Å². The molecular weight excluding hydrogens is 107 g/mol. The molecule has 1 aromatic rings. The van der Waals surface area contributed by atoms with E-state index in [0.717, 1.165) is 6.20 Å². The lowest BCUT2D eigenvalue weighted by molar-refractivity contribution is 0.621. The molecular formula is C5H6FN2. The van der Waals surface area contributed by atoms with Crippen LogP contribution < -0.4 is 0 Å². The van der Waals surface area contributed by atoms with Gasteiger partial charge in [-0.2, -0.15) is 5.10 Å². The number of hydrogen-bond acceptors (Lipinski definition) is 1. The first-order valence-electron chi connectivity index (χ1n) is 2.30. The Morgan fingerprint density at radius 3 is 2.88 bits per heavy atom. The molecule has 3 heteroatoms. The van der Waals surface area contributed by atoms with E-state index in [1.165, 1.54) is 10.9 Å². The van der Waals surface area contributed by atoms with E-state index in [-0.39, 0.29) is 5.82 Å². The fourth-order valence-electron chi connectivity index (χ4n) is 0.461. The lowest BCUT2D eigenvalue weighted by Gasteiger charge is -1.87. The number of rotatable bonds is 1. The van der Waals surface area contributed by atoms with Crippen LogP contribution in [0.5, 0.6) is 0 Å². The second-order valence-corrected chi connectivity index (χ2v) is 1.42. The van der Waals surface area contributed by atoms with Gasteiger partial charge >= 0.3 is 0 Å². The van der Waals surface area contributed by atoms with Crippen molar-refractivity contribution in [3.63, 3.8) is 0 Å². The molecule has 0 N–H and O–H groups in total. The van der Waals surface area contributed by atoms with Crippen LogP contribution in [-0.2, 0) is 6.54 Å². The summed E-state index contributed by atoms with van der Waals surface area (Å²) in [4.78, 5) is 0. The van der Waals surface area contributed by atoms with E-state index in [1.54, 1.807) is 0 Å². The molecule has 0 aliphatic carbocycles. The van der Waals surface area contributed by atoms with E-state index in [4.69, 9.17) is 0 Å². The fraction of sp³-hybridized carbons (Fsp3) is 0.200. The lowest BCUT2D eigenvalue weighted by atomic mass is 10.7. The van der Waals surface area contributed by atoms with E-state index in [1.807, 2.05) is 0 Å². The third kappa shape index (κ3) is 0.857. The molecule has 0 atom stereocenters. The fourth-order valence-corrected chi connectivity index (χ4v) is 0.461. The molecule has 0 bridgehead atoms. The summed E-state index contributed by atoms with van der Waals surface area (Å²) in [5, 5.41) is 3.61. The van der Waals surface area contributed by atoms with Gasteiger partial charge in [0, 0.05) is 6.54 Å². The van der Waals surface area contributed by atoms with Crippen LogP contribution in [0, 0.1) is 12.7 Å². The SMILES string of the molecule is [CH2]Cn1cc(F)cn1. The Balaban J connectivity index is 2.84. The summed E-state index contributed by atoms with van der Waals surface area (Å²) in [6.45, 7) is 3.98. The van der Waals surface area contributed by atoms with Crippen molar-refractivity contribution in [1.29, 1.82) is 0 Å². The van der Waals surface area contributed by atoms with Gasteiger partial charge < -0.3 is 0 Å². The Labute approximate surface area is 46.9 Å². The molecule has 0 saturated heterocycles. The molecule has 0 aliphatic rings. The maximum absolute atomic E-state index is 12.0. The van der Waals surface area contributed by atoms with Crippen molar-refractivity contribution in [2.75, 3.05) is 0 Å². The molecule has 1 aromatic heterocycles. The average molecular weight is 113 g/mol. The third-order valence-corrected chi connectivity index (χ3v) is 0.831. The summed E-state index contributed by atoms with van der Waals surface area (Å²) in [6, 6.07) is 0. The van der Waals surface area contributed by atoms with Crippen molar-refractivity contribution >= 4 is 0 Å². The molecule has 0 aromatic carbocycles. The van der Waals surface area contributed by atoms with Crippen LogP contribution in [-0.4, -0.2) is 9.78 Å². The second-order valence-electron chi connectivity index (χ2n) is 1.42. The summed E-state index contributed by atoms with van der Waals surface area (Å²) in [5.74, 6) is -0.311. The van der Waals surface area contributed by atoms with Crippen molar-refractivity contribution in [2.45, 2.75) is 6.54 Å². The van der Waals surface area contributed by atoms with Crippen molar-refractivity contribution < 1.29 is 4.39 Å². The van der Waals surface area contributed by atoms with Crippen molar-refractivity contribution in [3.05, 3.63) is 25.1 Å². The minimum absolute atomic E-state index is 0.311. The molecule has 0 saturated carbocycles. The summed E-state index contributed by atoms with van der Waals surface area (Å²) < 4.78 is 13.4. The first-order chi connectivity index (χ1) is 3.83. The monoisotopic (exact) mass is 113 g/mol. The predicted octanol–water partition coefficient (Wildman–Crippen LogP) is 0.856. The van der Waals surface area contributed by atoms with E-state index >= 15 is 0 Å². The van der Waals surface area contributed by atoms with Crippen LogP contribution in [0.15, 0.2) is 12.4 Å². The minimum Gasteiger partial charge on any atom is -0.270 e. The van der Waals surface area contributed by atoms with Gasteiger partial charge in [-0.15, -0.1) is 0 Å². The van der Waals surface area contributed by atoms with Crippen LogP contribution in [0.3, 0.4) is 0 Å². The number of halogens is 1. The highest BCUT2D eigenvalue weighted by molar-refractivity contribution is 4.83. The number of nitrogens with zero attached hydrogens (tertiary/aromatic N) is 2. The minimum atomic E-state index is -0.311. The molecule has 43 valence electrons. The smallest absolute Gasteiger partial charge is 0.161 e. The highest BCUT2D eigenvalue weighted by Gasteiger charge is 1.90. The quantitative estimate of drug-likeness (QED) is 0.528. The Bertz CT molecular complexity index is 171. The van der Waals surface area contributed by atoms with Gasteiger partial charge in [0.15, 0.2) is 5.82 Å². The Hall–Kier alpha value is -0.860. The summed E-state index contributed by atoms with van der Waals surface area (Å²) >= 11 is 0.